The van der Waals surface area contributed by atoms with E-state index < -0.39 is 0 Å². The normalized spacial score (nSPS) is 19.5. The zero-order chi connectivity index (χ0) is 14.0. The fraction of sp³-hybridized carbons (Fsp3) is 0.692. The number of carbonyl (C=O) groups excluding carboxylic acids is 1. The zero-order valence-corrected chi connectivity index (χ0v) is 12.7. The van der Waals surface area contributed by atoms with Gasteiger partial charge in [0.15, 0.2) is 5.13 Å². The highest BCUT2D eigenvalue weighted by Crippen LogP contribution is 2.30. The average Bonchev–Trinajstić information content (AvgIpc) is 2.80. The molecule has 1 saturated heterocycles. The number of rotatable bonds is 3. The van der Waals surface area contributed by atoms with Gasteiger partial charge in [-0.15, -0.1) is 0 Å². The van der Waals surface area contributed by atoms with Crippen molar-refractivity contribution in [3.63, 3.8) is 0 Å². The molecule has 1 fully saturated rings. The highest BCUT2D eigenvalue weighted by molar-refractivity contribution is 7.18. The number of hydrogen-bond donors (Lipinski definition) is 1. The van der Waals surface area contributed by atoms with Crippen LogP contribution in [0.2, 0.25) is 0 Å². The molecule has 1 amide bonds. The van der Waals surface area contributed by atoms with Gasteiger partial charge in [-0.1, -0.05) is 11.3 Å². The highest BCUT2D eigenvalue weighted by Gasteiger charge is 2.28. The van der Waals surface area contributed by atoms with Crippen LogP contribution in [-0.4, -0.2) is 42.0 Å². The molecular formula is C13H22N4OS. The first-order valence-electron chi connectivity index (χ1n) is 6.83. The molecular weight excluding hydrogens is 260 g/mol. The second-order valence-corrected chi connectivity index (χ2v) is 6.05. The summed E-state index contributed by atoms with van der Waals surface area (Å²) in [7, 11) is 1.95. The van der Waals surface area contributed by atoms with Crippen LogP contribution in [0.15, 0.2) is 0 Å². The fourth-order valence-electron chi connectivity index (χ4n) is 2.30. The Morgan fingerprint density at radius 1 is 1.58 bits per heavy atom. The summed E-state index contributed by atoms with van der Waals surface area (Å²) in [4.78, 5) is 21.4. The van der Waals surface area contributed by atoms with Crippen LogP contribution >= 0.6 is 11.3 Å². The van der Waals surface area contributed by atoms with Crippen molar-refractivity contribution >= 4 is 28.2 Å². The van der Waals surface area contributed by atoms with Gasteiger partial charge in [0.2, 0.25) is 0 Å². The van der Waals surface area contributed by atoms with E-state index in [0.29, 0.717) is 16.7 Å². The molecule has 0 aromatic carbocycles. The van der Waals surface area contributed by atoms with Crippen LogP contribution in [0.5, 0.6) is 0 Å². The van der Waals surface area contributed by atoms with E-state index in [-0.39, 0.29) is 5.91 Å². The molecule has 1 aliphatic rings. The maximum atomic E-state index is 12.6. The third kappa shape index (κ3) is 2.83. The van der Waals surface area contributed by atoms with E-state index in [9.17, 15) is 4.79 Å². The predicted molar refractivity (Wildman–Crippen MR) is 79.8 cm³/mol. The summed E-state index contributed by atoms with van der Waals surface area (Å²) < 4.78 is 0. The summed E-state index contributed by atoms with van der Waals surface area (Å²) in [6, 6.07) is 0.301. The number of piperidine rings is 1. The largest absolute Gasteiger partial charge is 0.382 e. The van der Waals surface area contributed by atoms with Gasteiger partial charge >= 0.3 is 0 Å². The van der Waals surface area contributed by atoms with E-state index in [1.54, 1.807) is 0 Å². The molecule has 2 heterocycles. The van der Waals surface area contributed by atoms with Crippen molar-refractivity contribution in [2.24, 2.45) is 0 Å². The van der Waals surface area contributed by atoms with Gasteiger partial charge < -0.3 is 15.5 Å². The first kappa shape index (κ1) is 14.1. The molecule has 1 aromatic heterocycles. The summed E-state index contributed by atoms with van der Waals surface area (Å²) in [6.45, 7) is 5.83. The number of anilines is 2. The summed E-state index contributed by atoms with van der Waals surface area (Å²) in [5, 5.41) is 0.813. The Balaban J connectivity index is 2.21. The Morgan fingerprint density at radius 3 is 2.95 bits per heavy atom. The number of nitrogens with zero attached hydrogens (tertiary/aromatic N) is 3. The Kier molecular flexibility index (Phi) is 4.29. The van der Waals surface area contributed by atoms with Crippen molar-refractivity contribution < 1.29 is 4.79 Å². The highest BCUT2D eigenvalue weighted by atomic mass is 32.1. The molecule has 1 aromatic rings. The second kappa shape index (κ2) is 5.77. The Labute approximate surface area is 118 Å². The zero-order valence-electron chi connectivity index (χ0n) is 11.8. The second-order valence-electron chi connectivity index (χ2n) is 5.07. The minimum Gasteiger partial charge on any atom is -0.382 e. The molecule has 0 aliphatic carbocycles. The Hall–Kier alpha value is -1.30. The lowest BCUT2D eigenvalue weighted by atomic mass is 10.0. The number of likely N-dealkylation sites (tertiary alicyclic amines) is 1. The summed E-state index contributed by atoms with van der Waals surface area (Å²) in [5.41, 5.74) is 5.91. The lowest BCUT2D eigenvalue weighted by Crippen LogP contribution is -2.41. The molecule has 0 spiro atoms. The van der Waals surface area contributed by atoms with E-state index in [2.05, 4.69) is 11.9 Å². The quantitative estimate of drug-likeness (QED) is 0.923. The Bertz CT molecular complexity index is 459. The third-order valence-electron chi connectivity index (χ3n) is 3.70. The van der Waals surface area contributed by atoms with E-state index in [4.69, 9.17) is 5.73 Å². The maximum absolute atomic E-state index is 12.6. The number of amides is 1. The van der Waals surface area contributed by atoms with E-state index in [0.717, 1.165) is 31.1 Å². The lowest BCUT2D eigenvalue weighted by Gasteiger charge is -2.33. The third-order valence-corrected chi connectivity index (χ3v) is 4.87. The summed E-state index contributed by atoms with van der Waals surface area (Å²) in [5.74, 6) is 0.404. The topological polar surface area (TPSA) is 62.5 Å². The van der Waals surface area contributed by atoms with E-state index in [1.165, 1.54) is 17.8 Å². The average molecular weight is 282 g/mol. The van der Waals surface area contributed by atoms with E-state index >= 15 is 0 Å². The van der Waals surface area contributed by atoms with Gasteiger partial charge in [-0.25, -0.2) is 4.98 Å². The molecule has 2 rings (SSSR count). The number of nitrogens with two attached hydrogens (primary N) is 1. The van der Waals surface area contributed by atoms with Crippen molar-refractivity contribution in [3.8, 4) is 0 Å². The van der Waals surface area contributed by atoms with Gasteiger partial charge in [-0.05, 0) is 33.1 Å². The molecule has 19 heavy (non-hydrogen) atoms. The first-order chi connectivity index (χ1) is 9.04. The standard InChI is InChI=1S/C13H22N4OS/c1-4-16(3)13-15-11(14)10(19-13)12(18)17-8-6-5-7-9(17)2/h9H,4-8,14H2,1-3H3. The number of aromatic nitrogens is 1. The van der Waals surface area contributed by atoms with Crippen LogP contribution < -0.4 is 10.6 Å². The van der Waals surface area contributed by atoms with Crippen LogP contribution in [0, 0.1) is 0 Å². The first-order valence-corrected chi connectivity index (χ1v) is 7.64. The van der Waals surface area contributed by atoms with E-state index in [1.807, 2.05) is 23.8 Å². The van der Waals surface area contributed by atoms with Gasteiger partial charge in [-0.3, -0.25) is 4.79 Å². The van der Waals surface area contributed by atoms with Crippen molar-refractivity contribution in [1.29, 1.82) is 0 Å². The van der Waals surface area contributed by atoms with Crippen LogP contribution in [0.3, 0.4) is 0 Å². The van der Waals surface area contributed by atoms with Gasteiger partial charge in [0, 0.05) is 26.2 Å². The number of thiazole rings is 1. The maximum Gasteiger partial charge on any atom is 0.268 e. The van der Waals surface area contributed by atoms with Crippen LogP contribution in [0.25, 0.3) is 0 Å². The monoisotopic (exact) mass is 282 g/mol. The predicted octanol–water partition coefficient (Wildman–Crippen LogP) is 2.20. The molecule has 6 heteroatoms. The number of nitrogen functional groups attached to an aromatic ring is 1. The number of carbonyl (C=O) groups is 1. The SMILES string of the molecule is CCN(C)c1nc(N)c(C(=O)N2CCCCC2C)s1. The minimum atomic E-state index is 0.0398. The van der Waals surface area contributed by atoms with Crippen molar-refractivity contribution in [2.45, 2.75) is 39.2 Å². The van der Waals surface area contributed by atoms with Crippen molar-refractivity contribution in [3.05, 3.63) is 4.88 Å². The van der Waals surface area contributed by atoms with Crippen LogP contribution in [0.1, 0.15) is 42.8 Å². The summed E-state index contributed by atoms with van der Waals surface area (Å²) in [6.07, 6.45) is 3.36. The van der Waals surface area contributed by atoms with Gasteiger partial charge in [0.1, 0.15) is 10.7 Å². The van der Waals surface area contributed by atoms with Crippen LogP contribution in [0.4, 0.5) is 10.9 Å². The summed E-state index contributed by atoms with van der Waals surface area (Å²) >= 11 is 1.39. The number of hydrogen-bond acceptors (Lipinski definition) is 5. The molecule has 2 N–H and O–H groups in total. The van der Waals surface area contributed by atoms with Crippen LogP contribution in [-0.2, 0) is 0 Å². The Morgan fingerprint density at radius 2 is 2.32 bits per heavy atom. The fourth-order valence-corrected chi connectivity index (χ4v) is 3.27. The molecule has 0 bridgehead atoms. The van der Waals surface area contributed by atoms with Crippen molar-refractivity contribution in [1.82, 2.24) is 9.88 Å². The van der Waals surface area contributed by atoms with Crippen molar-refractivity contribution in [2.75, 3.05) is 30.8 Å². The molecule has 1 atom stereocenters. The lowest BCUT2D eigenvalue weighted by molar-refractivity contribution is 0.0641. The molecule has 106 valence electrons. The smallest absolute Gasteiger partial charge is 0.268 e. The molecule has 1 aliphatic heterocycles. The van der Waals surface area contributed by atoms with Gasteiger partial charge in [0.05, 0.1) is 0 Å². The minimum absolute atomic E-state index is 0.0398. The molecule has 1 unspecified atom stereocenters. The van der Waals surface area contributed by atoms with Gasteiger partial charge in [-0.2, -0.15) is 0 Å². The van der Waals surface area contributed by atoms with Gasteiger partial charge in [0.25, 0.3) is 5.91 Å². The molecule has 0 saturated carbocycles. The molecule has 0 radical (unpaired) electrons. The molecule has 5 nitrogen and oxygen atoms in total.